The molecular formula is C52H99NO5. The first kappa shape index (κ1) is 56.3. The second kappa shape index (κ2) is 46.4. The second-order valence-electron chi connectivity index (χ2n) is 17.6. The lowest BCUT2D eigenvalue weighted by molar-refractivity contribution is -0.150. The maximum Gasteiger partial charge on any atom is 0.306 e. The van der Waals surface area contributed by atoms with Crippen LogP contribution in [-0.4, -0.2) is 46.9 Å². The van der Waals surface area contributed by atoms with Crippen molar-refractivity contribution < 1.29 is 24.5 Å². The van der Waals surface area contributed by atoms with Gasteiger partial charge in [-0.15, -0.1) is 0 Å². The van der Waals surface area contributed by atoms with Gasteiger partial charge >= 0.3 is 5.97 Å². The molecule has 0 heterocycles. The van der Waals surface area contributed by atoms with Crippen molar-refractivity contribution in [3.8, 4) is 0 Å². The van der Waals surface area contributed by atoms with Crippen molar-refractivity contribution in [1.82, 2.24) is 5.32 Å². The number of ether oxygens (including phenoxy) is 1. The van der Waals surface area contributed by atoms with Gasteiger partial charge in [-0.2, -0.15) is 0 Å². The summed E-state index contributed by atoms with van der Waals surface area (Å²) in [6, 6.07) is -0.706. The van der Waals surface area contributed by atoms with Gasteiger partial charge in [0.15, 0.2) is 0 Å². The van der Waals surface area contributed by atoms with Gasteiger partial charge in [0.25, 0.3) is 0 Å². The number of unbranched alkanes of at least 4 members (excludes halogenated alkanes) is 30. The van der Waals surface area contributed by atoms with Gasteiger partial charge in [-0.05, 0) is 44.9 Å². The van der Waals surface area contributed by atoms with Crippen LogP contribution >= 0.6 is 0 Å². The predicted octanol–water partition coefficient (Wildman–Crippen LogP) is 15.1. The standard InChI is InChI=1S/C52H99NO5/c1-4-7-10-13-16-19-22-24-25-27-29-32-35-38-41-44-50(55)49(47-54)53-51(56)46-48(43-40-37-34-31-28-21-18-15-12-9-6-3)58-52(57)45-42-39-36-33-30-26-23-20-17-14-11-8-5-2/h26,30,36,39,48-50,54-55H,4-25,27-29,31-35,37-38,40-47H2,1-3H3,(H,53,56)/b30-26-,39-36+. The summed E-state index contributed by atoms with van der Waals surface area (Å²) < 4.78 is 5.88. The molecular weight excluding hydrogens is 719 g/mol. The topological polar surface area (TPSA) is 95.9 Å². The summed E-state index contributed by atoms with van der Waals surface area (Å²) in [6.45, 7) is 6.47. The number of carbonyl (C=O) groups excluding carboxylic acids is 2. The van der Waals surface area contributed by atoms with Crippen LogP contribution in [0.15, 0.2) is 24.3 Å². The molecule has 0 fully saturated rings. The molecule has 0 saturated heterocycles. The highest BCUT2D eigenvalue weighted by Crippen LogP contribution is 2.18. The molecule has 0 aromatic rings. The summed E-state index contributed by atoms with van der Waals surface area (Å²) in [5.41, 5.74) is 0. The van der Waals surface area contributed by atoms with E-state index >= 15 is 0 Å². The maximum atomic E-state index is 13.2. The Kier molecular flexibility index (Phi) is 45.1. The summed E-state index contributed by atoms with van der Waals surface area (Å²) in [5.74, 6) is -0.542. The maximum absolute atomic E-state index is 13.2. The first-order valence-electron chi connectivity index (χ1n) is 25.6. The Morgan fingerprint density at radius 1 is 0.500 bits per heavy atom. The average molecular weight is 818 g/mol. The molecule has 0 aromatic heterocycles. The molecule has 1 amide bonds. The van der Waals surface area contributed by atoms with Crippen LogP contribution < -0.4 is 5.32 Å². The predicted molar refractivity (Wildman–Crippen MR) is 250 cm³/mol. The normalized spacial score (nSPS) is 13.4. The molecule has 0 bridgehead atoms. The number of aliphatic hydroxyl groups excluding tert-OH is 2. The van der Waals surface area contributed by atoms with Crippen molar-refractivity contribution in [1.29, 1.82) is 0 Å². The van der Waals surface area contributed by atoms with Crippen LogP contribution in [0.2, 0.25) is 0 Å². The van der Waals surface area contributed by atoms with E-state index in [0.717, 1.165) is 44.9 Å². The fourth-order valence-electron chi connectivity index (χ4n) is 7.90. The summed E-state index contributed by atoms with van der Waals surface area (Å²) in [4.78, 5) is 26.0. The minimum absolute atomic E-state index is 0.0604. The van der Waals surface area contributed by atoms with E-state index < -0.39 is 18.2 Å². The summed E-state index contributed by atoms with van der Waals surface area (Å²) >= 11 is 0. The van der Waals surface area contributed by atoms with Crippen molar-refractivity contribution in [2.75, 3.05) is 6.61 Å². The molecule has 3 atom stereocenters. The van der Waals surface area contributed by atoms with E-state index in [4.69, 9.17) is 4.74 Å². The summed E-state index contributed by atoms with van der Waals surface area (Å²) in [7, 11) is 0. The number of nitrogens with one attached hydrogen (secondary N) is 1. The number of carbonyl (C=O) groups is 2. The van der Waals surface area contributed by atoms with E-state index in [1.165, 1.54) is 173 Å². The van der Waals surface area contributed by atoms with Crippen LogP contribution in [0.5, 0.6) is 0 Å². The van der Waals surface area contributed by atoms with Gasteiger partial charge < -0.3 is 20.3 Å². The summed E-state index contributed by atoms with van der Waals surface area (Å²) in [6.07, 6.45) is 52.5. The van der Waals surface area contributed by atoms with Crippen molar-refractivity contribution in [3.63, 3.8) is 0 Å². The third kappa shape index (κ3) is 41.1. The molecule has 0 aromatic carbocycles. The second-order valence-corrected chi connectivity index (χ2v) is 17.6. The number of aliphatic hydroxyl groups is 2. The third-order valence-corrected chi connectivity index (χ3v) is 11.8. The lowest BCUT2D eigenvalue weighted by Crippen LogP contribution is -2.46. The van der Waals surface area contributed by atoms with Crippen molar-refractivity contribution in [3.05, 3.63) is 24.3 Å². The third-order valence-electron chi connectivity index (χ3n) is 11.8. The number of esters is 1. The fraction of sp³-hybridized carbons (Fsp3) is 0.885. The lowest BCUT2D eigenvalue weighted by Gasteiger charge is -2.24. The molecule has 6 nitrogen and oxygen atoms in total. The molecule has 0 spiro atoms. The van der Waals surface area contributed by atoms with E-state index in [2.05, 4.69) is 44.3 Å². The molecule has 58 heavy (non-hydrogen) atoms. The molecule has 3 unspecified atom stereocenters. The molecule has 0 rings (SSSR count). The zero-order chi connectivity index (χ0) is 42.4. The quantitative estimate of drug-likeness (QED) is 0.0323. The van der Waals surface area contributed by atoms with E-state index in [1.807, 2.05) is 6.08 Å². The Balaban J connectivity index is 4.55. The van der Waals surface area contributed by atoms with Crippen LogP contribution in [0.1, 0.15) is 271 Å². The first-order chi connectivity index (χ1) is 28.5. The Labute approximate surface area is 361 Å². The van der Waals surface area contributed by atoms with Crippen molar-refractivity contribution >= 4 is 11.9 Å². The number of hydrogen-bond donors (Lipinski definition) is 3. The van der Waals surface area contributed by atoms with Gasteiger partial charge in [0.2, 0.25) is 5.91 Å². The Hall–Kier alpha value is -1.66. The summed E-state index contributed by atoms with van der Waals surface area (Å²) in [5, 5.41) is 23.7. The Morgan fingerprint density at radius 3 is 1.31 bits per heavy atom. The highest BCUT2D eigenvalue weighted by Gasteiger charge is 2.24. The monoisotopic (exact) mass is 818 g/mol. The lowest BCUT2D eigenvalue weighted by atomic mass is 10.0. The van der Waals surface area contributed by atoms with Crippen molar-refractivity contribution in [2.24, 2.45) is 0 Å². The molecule has 6 heteroatoms. The van der Waals surface area contributed by atoms with E-state index in [0.29, 0.717) is 25.7 Å². The van der Waals surface area contributed by atoms with Gasteiger partial charge in [0, 0.05) is 6.42 Å². The average Bonchev–Trinajstić information content (AvgIpc) is 3.22. The number of rotatable bonds is 46. The van der Waals surface area contributed by atoms with Crippen LogP contribution in [0.25, 0.3) is 0 Å². The van der Waals surface area contributed by atoms with Gasteiger partial charge in [-0.3, -0.25) is 9.59 Å². The van der Waals surface area contributed by atoms with Gasteiger partial charge in [0.05, 0.1) is 25.2 Å². The van der Waals surface area contributed by atoms with E-state index in [-0.39, 0.29) is 24.9 Å². The van der Waals surface area contributed by atoms with Crippen LogP contribution in [0, 0.1) is 0 Å². The highest BCUT2D eigenvalue weighted by molar-refractivity contribution is 5.77. The number of amides is 1. The van der Waals surface area contributed by atoms with Crippen molar-refractivity contribution in [2.45, 2.75) is 289 Å². The zero-order valence-electron chi connectivity index (χ0n) is 38.9. The molecule has 0 aliphatic rings. The molecule has 0 aliphatic heterocycles. The molecule has 0 aliphatic carbocycles. The smallest absolute Gasteiger partial charge is 0.306 e. The van der Waals surface area contributed by atoms with Gasteiger partial charge in [-0.25, -0.2) is 0 Å². The SMILES string of the molecule is CCCCCCCC/C=C\C/C=C/CCC(=O)OC(CCCCCCCCCCCCC)CC(=O)NC(CO)C(O)CCCCCCCCCCCCCCCCC. The largest absolute Gasteiger partial charge is 0.462 e. The van der Waals surface area contributed by atoms with Crippen LogP contribution in [0.3, 0.4) is 0 Å². The van der Waals surface area contributed by atoms with Gasteiger partial charge in [-0.1, -0.05) is 238 Å². The van der Waals surface area contributed by atoms with Crippen LogP contribution in [-0.2, 0) is 14.3 Å². The first-order valence-corrected chi connectivity index (χ1v) is 25.6. The minimum Gasteiger partial charge on any atom is -0.462 e. The Bertz CT molecular complexity index is 919. The zero-order valence-corrected chi connectivity index (χ0v) is 38.9. The molecule has 3 N–H and O–H groups in total. The number of allylic oxidation sites excluding steroid dienone is 4. The van der Waals surface area contributed by atoms with Gasteiger partial charge in [0.1, 0.15) is 6.10 Å². The van der Waals surface area contributed by atoms with E-state index in [1.54, 1.807) is 0 Å². The van der Waals surface area contributed by atoms with E-state index in [9.17, 15) is 19.8 Å². The highest BCUT2D eigenvalue weighted by atomic mass is 16.5. The van der Waals surface area contributed by atoms with Crippen LogP contribution in [0.4, 0.5) is 0 Å². The Morgan fingerprint density at radius 2 is 0.879 bits per heavy atom. The number of hydrogen-bond acceptors (Lipinski definition) is 5. The fourth-order valence-corrected chi connectivity index (χ4v) is 7.90. The molecule has 0 saturated carbocycles. The molecule has 0 radical (unpaired) electrons. The molecule has 342 valence electrons. The minimum atomic E-state index is -0.791.